The molecule has 1 N–H and O–H groups in total. The SMILES string of the molecule is O=C(CN1CSCC1=O)NCC1(N2CCCCC2)CCCCC1. The van der Waals surface area contributed by atoms with E-state index in [1.807, 2.05) is 0 Å². The maximum atomic E-state index is 12.3. The first-order valence-electron chi connectivity index (χ1n) is 9.07. The number of nitrogens with zero attached hydrogens (tertiary/aromatic N) is 2. The summed E-state index contributed by atoms with van der Waals surface area (Å²) in [6.07, 6.45) is 10.2. The second kappa shape index (κ2) is 7.88. The van der Waals surface area contributed by atoms with Crippen molar-refractivity contribution in [3.05, 3.63) is 0 Å². The highest BCUT2D eigenvalue weighted by Crippen LogP contribution is 2.35. The highest BCUT2D eigenvalue weighted by molar-refractivity contribution is 8.00. The first-order valence-corrected chi connectivity index (χ1v) is 10.2. The number of carbonyl (C=O) groups is 2. The van der Waals surface area contributed by atoms with Crippen molar-refractivity contribution in [2.24, 2.45) is 0 Å². The van der Waals surface area contributed by atoms with Crippen LogP contribution >= 0.6 is 11.8 Å². The number of likely N-dealkylation sites (tertiary alicyclic amines) is 1. The fourth-order valence-corrected chi connectivity index (χ4v) is 5.12. The molecular formula is C17H29N3O2S. The van der Waals surface area contributed by atoms with Gasteiger partial charge < -0.3 is 10.2 Å². The molecule has 2 aliphatic heterocycles. The molecule has 2 saturated heterocycles. The van der Waals surface area contributed by atoms with Gasteiger partial charge in [0.1, 0.15) is 6.54 Å². The molecule has 23 heavy (non-hydrogen) atoms. The molecule has 0 unspecified atom stereocenters. The van der Waals surface area contributed by atoms with Gasteiger partial charge in [0.25, 0.3) is 0 Å². The first-order chi connectivity index (χ1) is 11.2. The number of thioether (sulfide) groups is 1. The summed E-state index contributed by atoms with van der Waals surface area (Å²) >= 11 is 1.59. The summed E-state index contributed by atoms with van der Waals surface area (Å²) in [7, 11) is 0. The third-order valence-corrected chi connectivity index (χ3v) is 6.53. The van der Waals surface area contributed by atoms with Gasteiger partial charge in [-0.2, -0.15) is 0 Å². The summed E-state index contributed by atoms with van der Waals surface area (Å²) in [6, 6.07) is 0. The van der Waals surface area contributed by atoms with Gasteiger partial charge in [-0.25, -0.2) is 0 Å². The zero-order chi connectivity index (χ0) is 16.1. The van der Waals surface area contributed by atoms with Crippen LogP contribution in [0.4, 0.5) is 0 Å². The standard InChI is InChI=1S/C17H29N3O2S/c21-15(11-19-14-23-12-16(19)22)18-13-17(7-3-1-4-8-17)20-9-5-2-6-10-20/h1-14H2,(H,18,21). The molecule has 0 aromatic carbocycles. The summed E-state index contributed by atoms with van der Waals surface area (Å²) in [6.45, 7) is 3.33. The Morgan fingerprint density at radius 2 is 1.78 bits per heavy atom. The van der Waals surface area contributed by atoms with Gasteiger partial charge in [0.2, 0.25) is 11.8 Å². The van der Waals surface area contributed by atoms with E-state index < -0.39 is 0 Å². The second-order valence-corrected chi connectivity index (χ2v) is 8.13. The number of hydrogen-bond donors (Lipinski definition) is 1. The number of hydrogen-bond acceptors (Lipinski definition) is 4. The molecule has 0 bridgehead atoms. The lowest BCUT2D eigenvalue weighted by molar-refractivity contribution is -0.132. The Morgan fingerprint density at radius 1 is 1.09 bits per heavy atom. The van der Waals surface area contributed by atoms with Crippen molar-refractivity contribution in [1.82, 2.24) is 15.1 Å². The molecule has 2 amide bonds. The number of nitrogens with one attached hydrogen (secondary N) is 1. The highest BCUT2D eigenvalue weighted by atomic mass is 32.2. The molecule has 130 valence electrons. The van der Waals surface area contributed by atoms with Crippen LogP contribution in [0.3, 0.4) is 0 Å². The van der Waals surface area contributed by atoms with Crippen molar-refractivity contribution in [3.63, 3.8) is 0 Å². The number of amides is 2. The molecule has 1 saturated carbocycles. The molecule has 0 radical (unpaired) electrons. The van der Waals surface area contributed by atoms with Crippen LogP contribution in [0.25, 0.3) is 0 Å². The zero-order valence-electron chi connectivity index (χ0n) is 14.0. The lowest BCUT2D eigenvalue weighted by Crippen LogP contribution is -2.58. The molecule has 0 atom stereocenters. The van der Waals surface area contributed by atoms with E-state index in [1.165, 1.54) is 64.5 Å². The van der Waals surface area contributed by atoms with E-state index >= 15 is 0 Å². The fourth-order valence-electron chi connectivity index (χ4n) is 4.22. The van der Waals surface area contributed by atoms with Crippen LogP contribution < -0.4 is 5.32 Å². The molecule has 0 aromatic heterocycles. The van der Waals surface area contributed by atoms with Crippen LogP contribution in [0, 0.1) is 0 Å². The average molecular weight is 340 g/mol. The predicted octanol–water partition coefficient (Wildman–Crippen LogP) is 1.82. The fraction of sp³-hybridized carbons (Fsp3) is 0.882. The van der Waals surface area contributed by atoms with E-state index in [2.05, 4.69) is 10.2 Å². The van der Waals surface area contributed by atoms with Crippen molar-refractivity contribution >= 4 is 23.6 Å². The molecule has 0 spiro atoms. The van der Waals surface area contributed by atoms with Gasteiger partial charge in [0.05, 0.1) is 11.6 Å². The lowest BCUT2D eigenvalue weighted by Gasteiger charge is -2.48. The topological polar surface area (TPSA) is 52.7 Å². The normalized spacial score (nSPS) is 25.6. The smallest absolute Gasteiger partial charge is 0.239 e. The maximum absolute atomic E-state index is 12.3. The molecule has 0 aromatic rings. The third kappa shape index (κ3) is 4.21. The van der Waals surface area contributed by atoms with E-state index in [1.54, 1.807) is 16.7 Å². The van der Waals surface area contributed by atoms with Gasteiger partial charge >= 0.3 is 0 Å². The van der Waals surface area contributed by atoms with Crippen LogP contribution in [-0.4, -0.2) is 65.0 Å². The van der Waals surface area contributed by atoms with E-state index in [4.69, 9.17) is 0 Å². The van der Waals surface area contributed by atoms with E-state index in [0.29, 0.717) is 11.6 Å². The van der Waals surface area contributed by atoms with Crippen LogP contribution in [-0.2, 0) is 9.59 Å². The van der Waals surface area contributed by atoms with Gasteiger partial charge in [-0.1, -0.05) is 25.7 Å². The van der Waals surface area contributed by atoms with Gasteiger partial charge in [0, 0.05) is 12.1 Å². The number of piperidine rings is 1. The Hall–Kier alpha value is -0.750. The van der Waals surface area contributed by atoms with Gasteiger partial charge in [-0.3, -0.25) is 14.5 Å². The largest absolute Gasteiger partial charge is 0.353 e. The minimum absolute atomic E-state index is 0.00260. The third-order valence-electron chi connectivity index (χ3n) is 5.59. The summed E-state index contributed by atoms with van der Waals surface area (Å²) in [5, 5.41) is 3.15. The van der Waals surface area contributed by atoms with Crippen LogP contribution in [0.15, 0.2) is 0 Å². The monoisotopic (exact) mass is 339 g/mol. The molecule has 1 aliphatic carbocycles. The Bertz CT molecular complexity index is 432. The van der Waals surface area contributed by atoms with Crippen LogP contribution in [0.2, 0.25) is 0 Å². The first kappa shape index (κ1) is 17.1. The molecule has 3 fully saturated rings. The van der Waals surface area contributed by atoms with Crippen molar-refractivity contribution in [2.75, 3.05) is 37.8 Å². The summed E-state index contributed by atoms with van der Waals surface area (Å²) in [4.78, 5) is 28.2. The Kier molecular flexibility index (Phi) is 5.85. The molecule has 3 aliphatic rings. The zero-order valence-corrected chi connectivity index (χ0v) is 14.8. The molecule has 2 heterocycles. The summed E-state index contributed by atoms with van der Waals surface area (Å²) in [5.74, 6) is 1.27. The summed E-state index contributed by atoms with van der Waals surface area (Å²) in [5.41, 5.74) is 0.165. The Labute approximate surface area is 143 Å². The van der Waals surface area contributed by atoms with E-state index in [9.17, 15) is 9.59 Å². The van der Waals surface area contributed by atoms with E-state index in [0.717, 1.165) is 6.54 Å². The van der Waals surface area contributed by atoms with Crippen molar-refractivity contribution in [1.29, 1.82) is 0 Å². The Balaban J connectivity index is 1.55. The second-order valence-electron chi connectivity index (χ2n) is 7.18. The van der Waals surface area contributed by atoms with Crippen molar-refractivity contribution < 1.29 is 9.59 Å². The quantitative estimate of drug-likeness (QED) is 0.830. The Morgan fingerprint density at radius 3 is 2.43 bits per heavy atom. The van der Waals surface area contributed by atoms with E-state index in [-0.39, 0.29) is 23.9 Å². The van der Waals surface area contributed by atoms with Crippen LogP contribution in [0.1, 0.15) is 51.4 Å². The van der Waals surface area contributed by atoms with Crippen LogP contribution in [0.5, 0.6) is 0 Å². The highest BCUT2D eigenvalue weighted by Gasteiger charge is 2.38. The lowest BCUT2D eigenvalue weighted by atomic mass is 9.79. The predicted molar refractivity (Wildman–Crippen MR) is 93.3 cm³/mol. The molecule has 5 nitrogen and oxygen atoms in total. The van der Waals surface area contributed by atoms with Gasteiger partial charge in [-0.15, -0.1) is 11.8 Å². The maximum Gasteiger partial charge on any atom is 0.239 e. The molecule has 3 rings (SSSR count). The average Bonchev–Trinajstić information content (AvgIpc) is 2.99. The number of rotatable bonds is 5. The van der Waals surface area contributed by atoms with Crippen molar-refractivity contribution in [3.8, 4) is 0 Å². The summed E-state index contributed by atoms with van der Waals surface area (Å²) < 4.78 is 0. The van der Waals surface area contributed by atoms with Gasteiger partial charge in [-0.05, 0) is 38.8 Å². The van der Waals surface area contributed by atoms with Crippen molar-refractivity contribution in [2.45, 2.75) is 56.9 Å². The minimum atomic E-state index is 0.00260. The number of carbonyl (C=O) groups excluding carboxylic acids is 2. The minimum Gasteiger partial charge on any atom is -0.353 e. The van der Waals surface area contributed by atoms with Gasteiger partial charge in [0.15, 0.2) is 0 Å². The molecule has 6 heteroatoms. The molecular weight excluding hydrogens is 310 g/mol.